The van der Waals surface area contributed by atoms with E-state index in [-0.39, 0.29) is 12.1 Å². The summed E-state index contributed by atoms with van der Waals surface area (Å²) in [4.78, 5) is 23.8. The topological polar surface area (TPSA) is 60.2 Å². The maximum atomic E-state index is 12.4. The first-order chi connectivity index (χ1) is 11.9. The number of carbonyl (C=O) groups is 1. The van der Waals surface area contributed by atoms with Gasteiger partial charge < -0.3 is 14.2 Å². The van der Waals surface area contributed by atoms with Crippen LogP contribution in [0.4, 0.5) is 5.82 Å². The van der Waals surface area contributed by atoms with Gasteiger partial charge in [0.1, 0.15) is 17.2 Å². The smallest absolute Gasteiger partial charge is 0.342 e. The number of anilines is 1. The highest BCUT2D eigenvalue weighted by atomic mass is 16.5. The average molecular weight is 342 g/mol. The molecule has 0 fully saturated rings. The van der Waals surface area contributed by atoms with Crippen LogP contribution in [0.2, 0.25) is 0 Å². The fourth-order valence-electron chi connectivity index (χ4n) is 3.33. The summed E-state index contributed by atoms with van der Waals surface area (Å²) in [5.41, 5.74) is 2.87. The standard InChI is InChI=1S/C19H26N4O2/c1-12(2)17-21-15-11-23(10-8-16(15)22(17)5)18-14(7-6-9-20-18)19(24)25-13(3)4/h6-7,9,12-13H,8,10-11H2,1-5H3. The highest BCUT2D eigenvalue weighted by molar-refractivity contribution is 5.94. The molecule has 6 heteroatoms. The van der Waals surface area contributed by atoms with Crippen molar-refractivity contribution in [1.29, 1.82) is 0 Å². The molecule has 1 aliphatic rings. The van der Waals surface area contributed by atoms with Crippen molar-refractivity contribution in [3.8, 4) is 0 Å². The minimum Gasteiger partial charge on any atom is -0.459 e. The zero-order chi connectivity index (χ0) is 18.1. The lowest BCUT2D eigenvalue weighted by Gasteiger charge is -2.29. The Morgan fingerprint density at radius 1 is 1.28 bits per heavy atom. The lowest BCUT2D eigenvalue weighted by atomic mass is 10.1. The number of nitrogens with zero attached hydrogens (tertiary/aromatic N) is 4. The van der Waals surface area contributed by atoms with Crippen LogP contribution in [-0.2, 0) is 24.8 Å². The Bertz CT molecular complexity index is 780. The van der Waals surface area contributed by atoms with E-state index in [1.807, 2.05) is 13.8 Å². The second-order valence-electron chi connectivity index (χ2n) is 7.08. The summed E-state index contributed by atoms with van der Waals surface area (Å²) < 4.78 is 7.58. The summed E-state index contributed by atoms with van der Waals surface area (Å²) in [6.45, 7) is 9.48. The van der Waals surface area contributed by atoms with Crippen molar-refractivity contribution in [3.63, 3.8) is 0 Å². The summed E-state index contributed by atoms with van der Waals surface area (Å²) in [5.74, 6) is 1.84. The highest BCUT2D eigenvalue weighted by Crippen LogP contribution is 2.28. The van der Waals surface area contributed by atoms with Crippen LogP contribution in [-0.4, -0.2) is 33.2 Å². The molecule has 134 valence electrons. The number of esters is 1. The third-order valence-electron chi connectivity index (χ3n) is 4.46. The van der Waals surface area contributed by atoms with Crippen molar-refractivity contribution in [2.75, 3.05) is 11.4 Å². The molecule has 3 rings (SSSR count). The molecule has 0 radical (unpaired) electrons. The SMILES string of the molecule is CC(C)OC(=O)c1cccnc1N1CCc2c(nc(C(C)C)n2C)C1. The molecule has 25 heavy (non-hydrogen) atoms. The normalized spacial score (nSPS) is 14.1. The first kappa shape index (κ1) is 17.5. The Kier molecular flexibility index (Phi) is 4.79. The van der Waals surface area contributed by atoms with Crippen LogP contribution in [0.15, 0.2) is 18.3 Å². The second-order valence-corrected chi connectivity index (χ2v) is 7.08. The van der Waals surface area contributed by atoms with Crippen LogP contribution in [0.1, 0.15) is 61.2 Å². The molecule has 0 saturated heterocycles. The molecule has 0 aliphatic carbocycles. The number of hydrogen-bond donors (Lipinski definition) is 0. The molecule has 0 aromatic carbocycles. The summed E-state index contributed by atoms with van der Waals surface area (Å²) in [7, 11) is 2.09. The maximum absolute atomic E-state index is 12.4. The van der Waals surface area contributed by atoms with Gasteiger partial charge in [-0.15, -0.1) is 0 Å². The number of pyridine rings is 1. The van der Waals surface area contributed by atoms with Crippen LogP contribution in [0.5, 0.6) is 0 Å². The van der Waals surface area contributed by atoms with Crippen molar-refractivity contribution < 1.29 is 9.53 Å². The quantitative estimate of drug-likeness (QED) is 0.799. The lowest BCUT2D eigenvalue weighted by Crippen LogP contribution is -2.33. The van der Waals surface area contributed by atoms with E-state index in [2.05, 4.69) is 35.3 Å². The maximum Gasteiger partial charge on any atom is 0.342 e. The molecule has 2 aromatic rings. The predicted octanol–water partition coefficient (Wildman–Crippen LogP) is 3.07. The molecule has 2 aromatic heterocycles. The van der Waals surface area contributed by atoms with Crippen LogP contribution >= 0.6 is 0 Å². The largest absolute Gasteiger partial charge is 0.459 e. The first-order valence-corrected chi connectivity index (χ1v) is 8.83. The Balaban J connectivity index is 1.90. The van der Waals surface area contributed by atoms with Crippen molar-refractivity contribution in [2.24, 2.45) is 7.05 Å². The molecule has 0 bridgehead atoms. The van der Waals surface area contributed by atoms with Crippen LogP contribution in [0.3, 0.4) is 0 Å². The van der Waals surface area contributed by atoms with Crippen LogP contribution in [0, 0.1) is 0 Å². The Morgan fingerprint density at radius 2 is 2.04 bits per heavy atom. The monoisotopic (exact) mass is 342 g/mol. The first-order valence-electron chi connectivity index (χ1n) is 8.83. The lowest BCUT2D eigenvalue weighted by molar-refractivity contribution is 0.0378. The Hall–Kier alpha value is -2.37. The van der Waals surface area contributed by atoms with Crippen LogP contribution in [0.25, 0.3) is 0 Å². The summed E-state index contributed by atoms with van der Waals surface area (Å²) in [6.07, 6.45) is 2.45. The number of aromatic nitrogens is 3. The average Bonchev–Trinajstić information content (AvgIpc) is 2.91. The highest BCUT2D eigenvalue weighted by Gasteiger charge is 2.27. The van der Waals surface area contributed by atoms with Gasteiger partial charge in [-0.2, -0.15) is 0 Å². The molecule has 0 amide bonds. The van der Waals surface area contributed by atoms with E-state index in [1.165, 1.54) is 5.69 Å². The summed E-state index contributed by atoms with van der Waals surface area (Å²) in [5, 5.41) is 0. The fraction of sp³-hybridized carbons (Fsp3) is 0.526. The van der Waals surface area contributed by atoms with Gasteiger partial charge in [-0.05, 0) is 26.0 Å². The van der Waals surface area contributed by atoms with Gasteiger partial charge in [0, 0.05) is 37.8 Å². The van der Waals surface area contributed by atoms with E-state index < -0.39 is 0 Å². The molecule has 3 heterocycles. The van der Waals surface area contributed by atoms with Crippen molar-refractivity contribution in [1.82, 2.24) is 14.5 Å². The minimum absolute atomic E-state index is 0.155. The number of fused-ring (bicyclic) bond motifs is 1. The molecular formula is C19H26N4O2. The molecule has 0 N–H and O–H groups in total. The van der Waals surface area contributed by atoms with Gasteiger partial charge in [0.25, 0.3) is 0 Å². The number of carbonyl (C=O) groups excluding carboxylic acids is 1. The van der Waals surface area contributed by atoms with E-state index in [1.54, 1.807) is 18.3 Å². The second kappa shape index (κ2) is 6.86. The van der Waals surface area contributed by atoms with E-state index in [9.17, 15) is 4.79 Å². The molecule has 0 saturated carbocycles. The van der Waals surface area contributed by atoms with Gasteiger partial charge in [-0.1, -0.05) is 13.8 Å². The van der Waals surface area contributed by atoms with Crippen LogP contribution < -0.4 is 4.90 Å². The molecule has 0 spiro atoms. The number of ether oxygens (including phenoxy) is 1. The number of imidazole rings is 1. The fourth-order valence-corrected chi connectivity index (χ4v) is 3.33. The van der Waals surface area contributed by atoms with Gasteiger partial charge in [-0.3, -0.25) is 0 Å². The molecule has 1 aliphatic heterocycles. The Labute approximate surface area is 148 Å². The third-order valence-corrected chi connectivity index (χ3v) is 4.46. The van der Waals surface area contributed by atoms with Crippen molar-refractivity contribution in [2.45, 2.75) is 52.7 Å². The summed E-state index contributed by atoms with van der Waals surface area (Å²) >= 11 is 0. The molecule has 0 unspecified atom stereocenters. The van der Waals surface area contributed by atoms with E-state index in [4.69, 9.17) is 9.72 Å². The van der Waals surface area contributed by atoms with E-state index in [0.717, 1.165) is 24.5 Å². The van der Waals surface area contributed by atoms with Crippen molar-refractivity contribution >= 4 is 11.8 Å². The van der Waals surface area contributed by atoms with Gasteiger partial charge in [0.15, 0.2) is 0 Å². The van der Waals surface area contributed by atoms with E-state index >= 15 is 0 Å². The summed E-state index contributed by atoms with van der Waals surface area (Å²) in [6, 6.07) is 3.55. The minimum atomic E-state index is -0.326. The van der Waals surface area contributed by atoms with E-state index in [0.29, 0.717) is 23.8 Å². The van der Waals surface area contributed by atoms with Gasteiger partial charge >= 0.3 is 5.97 Å². The molecular weight excluding hydrogens is 316 g/mol. The predicted molar refractivity (Wildman–Crippen MR) is 96.8 cm³/mol. The Morgan fingerprint density at radius 3 is 2.72 bits per heavy atom. The number of hydrogen-bond acceptors (Lipinski definition) is 5. The molecule has 6 nitrogen and oxygen atoms in total. The van der Waals surface area contributed by atoms with Gasteiger partial charge in [0.2, 0.25) is 0 Å². The molecule has 0 atom stereocenters. The number of rotatable bonds is 4. The zero-order valence-electron chi connectivity index (χ0n) is 15.6. The zero-order valence-corrected chi connectivity index (χ0v) is 15.6. The third kappa shape index (κ3) is 3.38. The van der Waals surface area contributed by atoms with Gasteiger partial charge in [-0.25, -0.2) is 14.8 Å². The van der Waals surface area contributed by atoms with Crippen molar-refractivity contribution in [3.05, 3.63) is 41.1 Å². The van der Waals surface area contributed by atoms with Gasteiger partial charge in [0.05, 0.1) is 18.3 Å².